The van der Waals surface area contributed by atoms with Crippen LogP contribution in [0.2, 0.25) is 0 Å². The van der Waals surface area contributed by atoms with Gasteiger partial charge >= 0.3 is 10.3 Å². The van der Waals surface area contributed by atoms with Gasteiger partial charge in [-0.1, -0.05) is 42.2 Å². The Bertz CT molecular complexity index is 1690. The Kier molecular flexibility index (Phi) is 14.6. The summed E-state index contributed by atoms with van der Waals surface area (Å²) in [6, 6.07) is 0.506. The third-order valence-corrected chi connectivity index (χ3v) is 19.7. The molecule has 0 bridgehead atoms. The highest BCUT2D eigenvalue weighted by molar-refractivity contribution is 7.84. The molecule has 6 unspecified atom stereocenters. The SMILES string of the molecule is O=C1NC2/C(=C\C3CCC(OCC4CCC(N(C5CCC(COC6CCC(/C=C7/CCN8C7NC(=O)C7CCCCC78)CC6)CC5)S(=O)(=O)OO)CC4)CC3)CCN2C2CCCCC12. The second-order valence-corrected chi connectivity index (χ2v) is 23.6. The maximum atomic E-state index is 13.2. The van der Waals surface area contributed by atoms with E-state index in [1.54, 1.807) is 0 Å². The number of fused-ring (bicyclic) bond motifs is 6. The summed E-state index contributed by atoms with van der Waals surface area (Å²) in [4.78, 5) is 31.1. The number of nitrogens with zero attached hydrogens (tertiary/aromatic N) is 3. The van der Waals surface area contributed by atoms with Crippen molar-refractivity contribution in [3.63, 3.8) is 0 Å². The summed E-state index contributed by atoms with van der Waals surface area (Å²) in [5.74, 6) is 2.83. The van der Waals surface area contributed by atoms with E-state index in [1.165, 1.54) is 41.1 Å². The molecule has 10 fully saturated rings. The van der Waals surface area contributed by atoms with Crippen molar-refractivity contribution in [3.8, 4) is 0 Å². The van der Waals surface area contributed by atoms with E-state index in [9.17, 15) is 23.3 Å². The van der Waals surface area contributed by atoms with Gasteiger partial charge in [0.05, 0.1) is 24.0 Å². The summed E-state index contributed by atoms with van der Waals surface area (Å²) < 4.78 is 45.3. The molecule has 0 aromatic heterocycles. The first kappa shape index (κ1) is 45.9. The fourth-order valence-corrected chi connectivity index (χ4v) is 16.1. The molecule has 4 saturated heterocycles. The second-order valence-electron chi connectivity index (χ2n) is 22.1. The largest absolute Gasteiger partial charge is 0.378 e. The average Bonchev–Trinajstić information content (AvgIpc) is 3.92. The van der Waals surface area contributed by atoms with Gasteiger partial charge in [0.25, 0.3) is 0 Å². The predicted molar refractivity (Wildman–Crippen MR) is 244 cm³/mol. The number of nitrogens with one attached hydrogen (secondary N) is 2. The number of ether oxygens (including phenoxy) is 2. The fraction of sp³-hybridized carbons (Fsp3) is 0.880. The number of carbonyl (C=O) groups is 2. The standard InChI is InChI=1S/C50H79N5O8S/c56-49-43-5-1-3-7-45(43)53-27-25-37(47(53)51-49)29-33-13-21-41(22-14-33)61-31-35-9-17-39(18-10-35)55(64(59,60)63-58)40-19-11-36(12-20-40)32-62-42-23-15-34(16-24-42)30-38-26-28-54-46-8-4-2-6-44(46)50(57)52-48(38)54/h29-30,33-36,39-48,58H,1-28,31-32H2,(H,51,56)(H,52,57)/b37-29-,38-30-. The van der Waals surface area contributed by atoms with Crippen LogP contribution in [0.5, 0.6) is 0 Å². The Labute approximate surface area is 383 Å². The molecule has 0 spiro atoms. The van der Waals surface area contributed by atoms with Crippen LogP contribution in [0.3, 0.4) is 0 Å². The molecular formula is C50H79N5O8S. The summed E-state index contributed by atoms with van der Waals surface area (Å²) in [7, 11) is -4.24. The van der Waals surface area contributed by atoms with Gasteiger partial charge < -0.3 is 20.1 Å². The van der Waals surface area contributed by atoms with Gasteiger partial charge in [0.2, 0.25) is 11.8 Å². The molecule has 4 aliphatic heterocycles. The highest BCUT2D eigenvalue weighted by Gasteiger charge is 2.48. The lowest BCUT2D eigenvalue weighted by Gasteiger charge is -2.45. The molecule has 358 valence electrons. The van der Waals surface area contributed by atoms with Gasteiger partial charge in [0, 0.05) is 50.5 Å². The lowest BCUT2D eigenvalue weighted by atomic mass is 9.81. The summed E-state index contributed by atoms with van der Waals surface area (Å²) in [5.41, 5.74) is 2.85. The molecule has 10 rings (SSSR count). The third-order valence-electron chi connectivity index (χ3n) is 18.4. The third kappa shape index (κ3) is 9.97. The second kappa shape index (κ2) is 20.4. The molecule has 6 atom stereocenters. The molecular weight excluding hydrogens is 831 g/mol. The quantitative estimate of drug-likeness (QED) is 0.102. The maximum absolute atomic E-state index is 13.2. The summed E-state index contributed by atoms with van der Waals surface area (Å²) >= 11 is 0. The Morgan fingerprint density at radius 2 is 0.969 bits per heavy atom. The van der Waals surface area contributed by atoms with Gasteiger partial charge in [0.15, 0.2) is 0 Å². The number of rotatable bonds is 12. The van der Waals surface area contributed by atoms with Crippen LogP contribution in [-0.2, 0) is 33.7 Å². The molecule has 6 saturated carbocycles. The molecule has 0 aromatic rings. The first-order chi connectivity index (χ1) is 31.2. The Morgan fingerprint density at radius 1 is 0.562 bits per heavy atom. The average molecular weight is 910 g/mol. The minimum absolute atomic E-state index is 0.106. The molecule has 0 aromatic carbocycles. The van der Waals surface area contributed by atoms with Crippen LogP contribution in [0.1, 0.15) is 167 Å². The zero-order valence-electron chi connectivity index (χ0n) is 38.5. The molecule has 4 heterocycles. The molecule has 3 N–H and O–H groups in total. The summed E-state index contributed by atoms with van der Waals surface area (Å²) in [6.45, 7) is 3.58. The van der Waals surface area contributed by atoms with E-state index < -0.39 is 10.3 Å². The zero-order chi connectivity index (χ0) is 43.8. The van der Waals surface area contributed by atoms with Crippen molar-refractivity contribution in [3.05, 3.63) is 23.3 Å². The molecule has 13 nitrogen and oxygen atoms in total. The van der Waals surface area contributed by atoms with Crippen molar-refractivity contribution in [2.45, 2.75) is 216 Å². The van der Waals surface area contributed by atoms with Crippen LogP contribution in [0.15, 0.2) is 23.3 Å². The Hall–Kier alpha value is -1.91. The molecule has 10 aliphatic rings. The van der Waals surface area contributed by atoms with Crippen molar-refractivity contribution in [2.75, 3.05) is 26.3 Å². The van der Waals surface area contributed by atoms with Crippen molar-refractivity contribution < 1.29 is 37.1 Å². The summed E-state index contributed by atoms with van der Waals surface area (Å²) in [6.07, 6.45) is 32.5. The van der Waals surface area contributed by atoms with Crippen LogP contribution >= 0.6 is 0 Å². The topological polar surface area (TPSA) is 150 Å². The summed E-state index contributed by atoms with van der Waals surface area (Å²) in [5, 5.41) is 16.3. The van der Waals surface area contributed by atoms with Crippen molar-refractivity contribution >= 4 is 22.1 Å². The number of carbonyl (C=O) groups excluding carboxylic acids is 2. The van der Waals surface area contributed by atoms with Crippen LogP contribution in [0.25, 0.3) is 0 Å². The molecule has 0 radical (unpaired) electrons. The lowest BCUT2D eigenvalue weighted by molar-refractivity contribution is -0.140. The number of hydrogen-bond donors (Lipinski definition) is 3. The van der Waals surface area contributed by atoms with E-state index in [0.29, 0.717) is 35.8 Å². The zero-order valence-corrected chi connectivity index (χ0v) is 39.3. The van der Waals surface area contributed by atoms with Gasteiger partial charge in [-0.25, -0.2) is 5.26 Å². The maximum Gasteiger partial charge on any atom is 0.365 e. The van der Waals surface area contributed by atoms with Crippen LogP contribution in [0, 0.1) is 35.5 Å². The first-order valence-corrected chi connectivity index (χ1v) is 27.7. The van der Waals surface area contributed by atoms with E-state index >= 15 is 0 Å². The van der Waals surface area contributed by atoms with E-state index in [0.717, 1.165) is 168 Å². The number of amides is 2. The van der Waals surface area contributed by atoms with E-state index in [1.807, 2.05) is 0 Å². The van der Waals surface area contributed by atoms with Crippen LogP contribution in [-0.4, -0.2) is 115 Å². The molecule has 6 aliphatic carbocycles. The lowest BCUT2D eigenvalue weighted by Crippen LogP contribution is -2.61. The minimum atomic E-state index is -4.24. The molecule has 2 amide bonds. The van der Waals surface area contributed by atoms with Crippen molar-refractivity contribution in [2.24, 2.45) is 35.5 Å². The van der Waals surface area contributed by atoms with E-state index in [4.69, 9.17) is 9.47 Å². The van der Waals surface area contributed by atoms with E-state index in [2.05, 4.69) is 36.9 Å². The number of hydrogen-bond acceptors (Lipinski definition) is 10. The van der Waals surface area contributed by atoms with Gasteiger partial charge in [-0.05, 0) is 176 Å². The Balaban J connectivity index is 0.625. The van der Waals surface area contributed by atoms with Gasteiger partial charge in [-0.15, -0.1) is 0 Å². The normalized spacial score (nSPS) is 42.5. The molecule has 14 heteroatoms. The monoisotopic (exact) mass is 910 g/mol. The van der Waals surface area contributed by atoms with Crippen LogP contribution in [0.4, 0.5) is 0 Å². The van der Waals surface area contributed by atoms with Crippen LogP contribution < -0.4 is 10.6 Å². The predicted octanol–water partition coefficient (Wildman–Crippen LogP) is 7.58. The highest BCUT2D eigenvalue weighted by Crippen LogP contribution is 2.42. The number of allylic oxidation sites excluding steroid dienone is 2. The van der Waals surface area contributed by atoms with E-state index in [-0.39, 0.29) is 60.3 Å². The smallest absolute Gasteiger partial charge is 0.365 e. The van der Waals surface area contributed by atoms with Gasteiger partial charge in [-0.2, -0.15) is 12.7 Å². The van der Waals surface area contributed by atoms with Gasteiger partial charge in [-0.3, -0.25) is 19.4 Å². The molecule has 64 heavy (non-hydrogen) atoms. The van der Waals surface area contributed by atoms with Crippen molar-refractivity contribution in [1.82, 2.24) is 24.7 Å². The highest BCUT2D eigenvalue weighted by atomic mass is 32.2. The fourth-order valence-electron chi connectivity index (χ4n) is 14.8. The van der Waals surface area contributed by atoms with Crippen molar-refractivity contribution in [1.29, 1.82) is 0 Å². The minimum Gasteiger partial charge on any atom is -0.378 e. The Morgan fingerprint density at radius 3 is 1.38 bits per heavy atom. The van der Waals surface area contributed by atoms with Gasteiger partial charge in [0.1, 0.15) is 12.3 Å². The first-order valence-electron chi connectivity index (χ1n) is 26.3.